The Hall–Kier alpha value is -3.11. The summed E-state index contributed by atoms with van der Waals surface area (Å²) in [6.45, 7) is 3.94. The number of halogens is 1. The number of carbonyl (C=O) groups is 1. The lowest BCUT2D eigenvalue weighted by atomic mass is 10.1. The molecule has 0 bridgehead atoms. The van der Waals surface area contributed by atoms with Gasteiger partial charge in [-0.1, -0.05) is 41.9 Å². The molecule has 1 fully saturated rings. The van der Waals surface area contributed by atoms with Crippen LogP contribution < -0.4 is 14.4 Å². The van der Waals surface area contributed by atoms with Crippen molar-refractivity contribution in [2.75, 3.05) is 44.3 Å². The third-order valence-electron chi connectivity index (χ3n) is 6.02. The van der Waals surface area contributed by atoms with Gasteiger partial charge in [-0.3, -0.25) is 14.0 Å². The number of carbonyl (C=O) groups excluding carboxylic acids is 1. The molecule has 0 aromatic heterocycles. The monoisotopic (exact) mass is 543 g/mol. The summed E-state index contributed by atoms with van der Waals surface area (Å²) >= 11 is 6.14. The lowest BCUT2D eigenvalue weighted by molar-refractivity contribution is -0.119. The van der Waals surface area contributed by atoms with Gasteiger partial charge in [-0.05, 0) is 53.6 Å². The molecule has 1 N–H and O–H groups in total. The van der Waals surface area contributed by atoms with Crippen molar-refractivity contribution in [3.63, 3.8) is 0 Å². The normalized spacial score (nSPS) is 14.2. The van der Waals surface area contributed by atoms with Crippen LogP contribution in [-0.2, 0) is 32.6 Å². The van der Waals surface area contributed by atoms with Crippen molar-refractivity contribution in [3.05, 3.63) is 88.9 Å². The Balaban J connectivity index is 1.47. The Bertz CT molecular complexity index is 1310. The number of nitrogens with one attached hydrogen (secondary N) is 1. The van der Waals surface area contributed by atoms with Crippen LogP contribution in [0.3, 0.4) is 0 Å². The number of nitrogens with zero attached hydrogens (tertiary/aromatic N) is 2. The SMILES string of the molecule is COc1ccc(S(=O)(=O)N(CC(=O)NCc2cccc(CN3CCOCC3)c2)c2cccc(Cl)c2)cc1. The molecule has 1 amide bonds. The van der Waals surface area contributed by atoms with E-state index in [0.717, 1.165) is 48.3 Å². The second-order valence-corrected chi connectivity index (χ2v) is 11.0. The van der Waals surface area contributed by atoms with Crippen LogP contribution in [0.2, 0.25) is 5.02 Å². The van der Waals surface area contributed by atoms with Crippen LogP contribution in [0.25, 0.3) is 0 Å². The van der Waals surface area contributed by atoms with E-state index in [1.54, 1.807) is 30.3 Å². The summed E-state index contributed by atoms with van der Waals surface area (Å²) in [6, 6.07) is 20.4. The van der Waals surface area contributed by atoms with E-state index in [1.165, 1.54) is 25.3 Å². The van der Waals surface area contributed by atoms with E-state index < -0.39 is 22.5 Å². The van der Waals surface area contributed by atoms with E-state index in [-0.39, 0.29) is 11.4 Å². The van der Waals surface area contributed by atoms with E-state index in [0.29, 0.717) is 16.5 Å². The zero-order chi connectivity index (χ0) is 26.3. The number of amides is 1. The summed E-state index contributed by atoms with van der Waals surface area (Å²) < 4.78 is 38.7. The molecule has 0 unspecified atom stereocenters. The molecule has 0 radical (unpaired) electrons. The van der Waals surface area contributed by atoms with Crippen LogP contribution in [-0.4, -0.2) is 59.2 Å². The Morgan fingerprint density at radius 2 is 1.73 bits per heavy atom. The molecule has 0 spiro atoms. The highest BCUT2D eigenvalue weighted by atomic mass is 35.5. The van der Waals surface area contributed by atoms with Crippen molar-refractivity contribution >= 4 is 33.2 Å². The predicted molar refractivity (Wildman–Crippen MR) is 143 cm³/mol. The molecule has 4 rings (SSSR count). The third-order valence-corrected chi connectivity index (χ3v) is 8.04. The van der Waals surface area contributed by atoms with Crippen molar-refractivity contribution in [1.82, 2.24) is 10.2 Å². The summed E-state index contributed by atoms with van der Waals surface area (Å²) in [5.41, 5.74) is 2.38. The number of rotatable bonds is 10. The first-order valence-electron chi connectivity index (χ1n) is 11.9. The van der Waals surface area contributed by atoms with Gasteiger partial charge in [0.05, 0.1) is 30.9 Å². The van der Waals surface area contributed by atoms with Gasteiger partial charge in [0.1, 0.15) is 12.3 Å². The minimum absolute atomic E-state index is 0.0388. The minimum Gasteiger partial charge on any atom is -0.497 e. The molecular formula is C27H30ClN3O5S. The number of hydrogen-bond donors (Lipinski definition) is 1. The summed E-state index contributed by atoms with van der Waals surface area (Å²) in [5.74, 6) is 0.0949. The molecule has 0 atom stereocenters. The van der Waals surface area contributed by atoms with Crippen LogP contribution in [0.1, 0.15) is 11.1 Å². The van der Waals surface area contributed by atoms with Crippen molar-refractivity contribution < 1.29 is 22.7 Å². The number of methoxy groups -OCH3 is 1. The van der Waals surface area contributed by atoms with E-state index in [2.05, 4.69) is 22.3 Å². The number of benzene rings is 3. The number of sulfonamides is 1. The molecule has 8 nitrogen and oxygen atoms in total. The fourth-order valence-electron chi connectivity index (χ4n) is 4.06. The molecule has 1 saturated heterocycles. The largest absolute Gasteiger partial charge is 0.497 e. The fourth-order valence-corrected chi connectivity index (χ4v) is 5.66. The maximum atomic E-state index is 13.5. The summed E-state index contributed by atoms with van der Waals surface area (Å²) in [6.07, 6.45) is 0. The lowest BCUT2D eigenvalue weighted by Crippen LogP contribution is -2.40. The second kappa shape index (κ2) is 12.4. The van der Waals surface area contributed by atoms with E-state index in [1.807, 2.05) is 12.1 Å². The number of morpholine rings is 1. The van der Waals surface area contributed by atoms with Crippen LogP contribution in [0.5, 0.6) is 5.75 Å². The first kappa shape index (κ1) is 26.9. The highest BCUT2D eigenvalue weighted by molar-refractivity contribution is 7.92. The number of hydrogen-bond acceptors (Lipinski definition) is 6. The zero-order valence-electron chi connectivity index (χ0n) is 20.6. The average molecular weight is 544 g/mol. The van der Waals surface area contributed by atoms with Crippen molar-refractivity contribution in [2.24, 2.45) is 0 Å². The molecule has 0 aliphatic carbocycles. The molecule has 0 saturated carbocycles. The standard InChI is InChI=1S/C27H30ClN3O5S/c1-35-25-8-10-26(11-9-25)37(33,34)31(24-7-3-6-23(28)17-24)20-27(32)29-18-21-4-2-5-22(16-21)19-30-12-14-36-15-13-30/h2-11,16-17H,12-15,18-20H2,1H3,(H,29,32). The Labute approximate surface area is 222 Å². The first-order chi connectivity index (χ1) is 17.8. The first-order valence-corrected chi connectivity index (χ1v) is 13.7. The molecular weight excluding hydrogens is 514 g/mol. The van der Waals surface area contributed by atoms with Crippen molar-refractivity contribution in [2.45, 2.75) is 18.0 Å². The van der Waals surface area contributed by atoms with Gasteiger partial charge in [0.25, 0.3) is 10.0 Å². The van der Waals surface area contributed by atoms with E-state index >= 15 is 0 Å². The van der Waals surface area contributed by atoms with Crippen LogP contribution >= 0.6 is 11.6 Å². The topological polar surface area (TPSA) is 88.2 Å². The quantitative estimate of drug-likeness (QED) is 0.419. The number of ether oxygens (including phenoxy) is 2. The highest BCUT2D eigenvalue weighted by Crippen LogP contribution is 2.27. The van der Waals surface area contributed by atoms with Gasteiger partial charge in [0.15, 0.2) is 0 Å². The van der Waals surface area contributed by atoms with E-state index in [4.69, 9.17) is 21.1 Å². The van der Waals surface area contributed by atoms with Gasteiger partial charge >= 0.3 is 0 Å². The fraction of sp³-hybridized carbons (Fsp3) is 0.296. The predicted octanol–water partition coefficient (Wildman–Crippen LogP) is 3.69. The molecule has 3 aromatic rings. The molecule has 1 aliphatic rings. The smallest absolute Gasteiger partial charge is 0.264 e. The van der Waals surface area contributed by atoms with Gasteiger partial charge in [-0.2, -0.15) is 0 Å². The van der Waals surface area contributed by atoms with Crippen LogP contribution in [0, 0.1) is 0 Å². The molecule has 196 valence electrons. The van der Waals surface area contributed by atoms with Crippen molar-refractivity contribution in [1.29, 1.82) is 0 Å². The lowest BCUT2D eigenvalue weighted by Gasteiger charge is -2.26. The maximum absolute atomic E-state index is 13.5. The average Bonchev–Trinajstić information content (AvgIpc) is 2.91. The van der Waals surface area contributed by atoms with Crippen LogP contribution in [0.15, 0.2) is 77.7 Å². The Morgan fingerprint density at radius 3 is 2.43 bits per heavy atom. The zero-order valence-corrected chi connectivity index (χ0v) is 22.2. The third kappa shape index (κ3) is 7.23. The van der Waals surface area contributed by atoms with Gasteiger partial charge in [0.2, 0.25) is 5.91 Å². The second-order valence-electron chi connectivity index (χ2n) is 8.65. The van der Waals surface area contributed by atoms with Crippen molar-refractivity contribution in [3.8, 4) is 5.75 Å². The van der Waals surface area contributed by atoms with Gasteiger partial charge < -0.3 is 14.8 Å². The molecule has 3 aromatic carbocycles. The Morgan fingerprint density at radius 1 is 1.03 bits per heavy atom. The Kier molecular flexibility index (Phi) is 9.04. The van der Waals surface area contributed by atoms with E-state index in [9.17, 15) is 13.2 Å². The summed E-state index contributed by atoms with van der Waals surface area (Å²) in [7, 11) is -2.55. The minimum atomic E-state index is -4.05. The maximum Gasteiger partial charge on any atom is 0.264 e. The molecule has 1 aliphatic heterocycles. The summed E-state index contributed by atoms with van der Waals surface area (Å²) in [4.78, 5) is 15.3. The highest BCUT2D eigenvalue weighted by Gasteiger charge is 2.27. The van der Waals surface area contributed by atoms with Gasteiger partial charge in [-0.25, -0.2) is 8.42 Å². The molecule has 1 heterocycles. The summed E-state index contributed by atoms with van der Waals surface area (Å²) in [5, 5.41) is 3.22. The van der Waals surface area contributed by atoms with Gasteiger partial charge in [0, 0.05) is 31.2 Å². The molecule has 37 heavy (non-hydrogen) atoms. The van der Waals surface area contributed by atoms with Crippen LogP contribution in [0.4, 0.5) is 5.69 Å². The van der Waals surface area contributed by atoms with Gasteiger partial charge in [-0.15, -0.1) is 0 Å². The number of anilines is 1. The molecule has 10 heteroatoms.